The number of unbranched alkanes of at least 4 members (excludes halogenated alkanes) is 17. The predicted molar refractivity (Wildman–Crippen MR) is 137 cm³/mol. The molecular formula is C28H57NO3. The first-order valence-corrected chi connectivity index (χ1v) is 14.3. The van der Waals surface area contributed by atoms with E-state index in [1.54, 1.807) is 0 Å². The van der Waals surface area contributed by atoms with Crippen LogP contribution in [-0.4, -0.2) is 53.2 Å². The topological polar surface area (TPSA) is 52.9 Å². The van der Waals surface area contributed by atoms with Gasteiger partial charge in [-0.1, -0.05) is 123 Å². The lowest BCUT2D eigenvalue weighted by atomic mass is 9.99. The molecule has 0 aliphatic carbocycles. The minimum atomic E-state index is -0.580. The van der Waals surface area contributed by atoms with Crippen LogP contribution in [-0.2, 0) is 4.74 Å². The van der Waals surface area contributed by atoms with E-state index in [2.05, 4.69) is 18.7 Å². The molecule has 0 amide bonds. The van der Waals surface area contributed by atoms with Gasteiger partial charge in [-0.15, -0.1) is 0 Å². The van der Waals surface area contributed by atoms with Gasteiger partial charge in [-0.2, -0.15) is 0 Å². The first-order chi connectivity index (χ1) is 15.7. The fourth-order valence-corrected chi connectivity index (χ4v) is 5.07. The molecule has 1 atom stereocenters. The van der Waals surface area contributed by atoms with Crippen LogP contribution in [0.2, 0.25) is 0 Å². The number of nitrogens with zero attached hydrogens (tertiary/aromatic N) is 1. The molecule has 1 aliphatic heterocycles. The molecule has 0 aromatic heterocycles. The molecule has 0 aromatic rings. The van der Waals surface area contributed by atoms with Crippen molar-refractivity contribution in [2.75, 3.05) is 26.4 Å². The summed E-state index contributed by atoms with van der Waals surface area (Å²) in [5.41, 5.74) is -0.580. The Morgan fingerprint density at radius 3 is 1.47 bits per heavy atom. The maximum absolute atomic E-state index is 10.0. The molecule has 2 N–H and O–H groups in total. The number of ether oxygens (including phenoxy) is 1. The number of hydrogen-bond acceptors (Lipinski definition) is 4. The standard InChI is InChI=1S/C28H57NO3/c1-3-5-7-9-11-13-15-17-19-21-23-29-27(32-26-28(29,24-30)25-31)22-20-18-16-14-12-10-8-6-4-2/h27,30-31H,3-26H2,1-2H3. The van der Waals surface area contributed by atoms with Crippen molar-refractivity contribution < 1.29 is 14.9 Å². The van der Waals surface area contributed by atoms with E-state index in [1.165, 1.54) is 116 Å². The molecule has 1 saturated heterocycles. The number of hydrogen-bond donors (Lipinski definition) is 2. The largest absolute Gasteiger partial charge is 0.394 e. The van der Waals surface area contributed by atoms with E-state index in [1.807, 2.05) is 0 Å². The van der Waals surface area contributed by atoms with Gasteiger partial charge in [-0.05, 0) is 19.3 Å². The van der Waals surface area contributed by atoms with Gasteiger partial charge >= 0.3 is 0 Å². The average molecular weight is 456 g/mol. The summed E-state index contributed by atoms with van der Waals surface area (Å²) in [5.74, 6) is 0. The fourth-order valence-electron chi connectivity index (χ4n) is 5.07. The average Bonchev–Trinajstić information content (AvgIpc) is 3.17. The molecule has 0 bridgehead atoms. The number of aliphatic hydroxyl groups is 2. The van der Waals surface area contributed by atoms with Crippen molar-refractivity contribution in [2.24, 2.45) is 0 Å². The van der Waals surface area contributed by atoms with Crippen LogP contribution >= 0.6 is 0 Å². The number of rotatable bonds is 23. The molecule has 32 heavy (non-hydrogen) atoms. The van der Waals surface area contributed by atoms with E-state index in [9.17, 15) is 10.2 Å². The van der Waals surface area contributed by atoms with Gasteiger partial charge in [0.05, 0.1) is 25.4 Å². The van der Waals surface area contributed by atoms with Crippen molar-refractivity contribution in [3.8, 4) is 0 Å². The summed E-state index contributed by atoms with van der Waals surface area (Å²) in [5, 5.41) is 20.0. The Hall–Kier alpha value is -0.160. The summed E-state index contributed by atoms with van der Waals surface area (Å²) < 4.78 is 6.08. The third-order valence-electron chi connectivity index (χ3n) is 7.40. The minimum absolute atomic E-state index is 0.0183. The van der Waals surface area contributed by atoms with Crippen molar-refractivity contribution in [1.29, 1.82) is 0 Å². The zero-order valence-corrected chi connectivity index (χ0v) is 21.8. The van der Waals surface area contributed by atoms with Crippen molar-refractivity contribution in [3.63, 3.8) is 0 Å². The summed E-state index contributed by atoms with van der Waals surface area (Å²) in [4.78, 5) is 2.29. The van der Waals surface area contributed by atoms with Gasteiger partial charge in [0.2, 0.25) is 0 Å². The van der Waals surface area contributed by atoms with Crippen LogP contribution in [0.15, 0.2) is 0 Å². The quantitative estimate of drug-likeness (QED) is 0.160. The van der Waals surface area contributed by atoms with Gasteiger partial charge in [0.15, 0.2) is 0 Å². The SMILES string of the molecule is CCCCCCCCCCCCN1C(CCCCCCCCCCC)OCC1(CO)CO. The van der Waals surface area contributed by atoms with Crippen molar-refractivity contribution in [1.82, 2.24) is 4.90 Å². The van der Waals surface area contributed by atoms with Gasteiger partial charge in [-0.3, -0.25) is 4.90 Å². The van der Waals surface area contributed by atoms with Crippen LogP contribution in [0.3, 0.4) is 0 Å². The molecule has 4 nitrogen and oxygen atoms in total. The van der Waals surface area contributed by atoms with Crippen LogP contribution in [0.5, 0.6) is 0 Å². The normalized spacial score (nSPS) is 18.6. The molecule has 1 heterocycles. The Bertz CT molecular complexity index is 400. The fraction of sp³-hybridized carbons (Fsp3) is 1.00. The van der Waals surface area contributed by atoms with Crippen LogP contribution < -0.4 is 0 Å². The van der Waals surface area contributed by atoms with Crippen LogP contribution in [0.25, 0.3) is 0 Å². The van der Waals surface area contributed by atoms with E-state index in [0.29, 0.717) is 6.61 Å². The van der Waals surface area contributed by atoms with Crippen LogP contribution in [0.1, 0.15) is 142 Å². The molecule has 1 rings (SSSR count). The van der Waals surface area contributed by atoms with E-state index in [0.717, 1.165) is 19.4 Å². The van der Waals surface area contributed by atoms with E-state index >= 15 is 0 Å². The smallest absolute Gasteiger partial charge is 0.111 e. The molecule has 0 spiro atoms. The highest BCUT2D eigenvalue weighted by molar-refractivity contribution is 4.96. The van der Waals surface area contributed by atoms with Crippen LogP contribution in [0.4, 0.5) is 0 Å². The van der Waals surface area contributed by atoms with Crippen LogP contribution in [0, 0.1) is 0 Å². The van der Waals surface area contributed by atoms with E-state index in [-0.39, 0.29) is 19.4 Å². The summed E-state index contributed by atoms with van der Waals surface area (Å²) in [7, 11) is 0. The highest BCUT2D eigenvalue weighted by Gasteiger charge is 2.46. The maximum Gasteiger partial charge on any atom is 0.111 e. The zero-order chi connectivity index (χ0) is 23.3. The third-order valence-corrected chi connectivity index (χ3v) is 7.40. The lowest BCUT2D eigenvalue weighted by Crippen LogP contribution is -2.54. The van der Waals surface area contributed by atoms with Gasteiger partial charge in [0.25, 0.3) is 0 Å². The molecular weight excluding hydrogens is 398 g/mol. The zero-order valence-electron chi connectivity index (χ0n) is 21.8. The van der Waals surface area contributed by atoms with Gasteiger partial charge in [0, 0.05) is 6.54 Å². The molecule has 1 unspecified atom stereocenters. The lowest BCUT2D eigenvalue weighted by molar-refractivity contribution is -0.0160. The second-order valence-electron chi connectivity index (χ2n) is 10.3. The molecule has 1 aliphatic rings. The van der Waals surface area contributed by atoms with E-state index < -0.39 is 5.54 Å². The van der Waals surface area contributed by atoms with Gasteiger partial charge < -0.3 is 14.9 Å². The molecule has 0 saturated carbocycles. The molecule has 192 valence electrons. The van der Waals surface area contributed by atoms with E-state index in [4.69, 9.17) is 4.74 Å². The summed E-state index contributed by atoms with van der Waals surface area (Å²) >= 11 is 0. The Morgan fingerprint density at radius 2 is 1.03 bits per heavy atom. The Morgan fingerprint density at radius 1 is 0.625 bits per heavy atom. The monoisotopic (exact) mass is 455 g/mol. The molecule has 4 heteroatoms. The maximum atomic E-state index is 10.0. The first kappa shape index (κ1) is 29.9. The second kappa shape index (κ2) is 20.2. The van der Waals surface area contributed by atoms with Gasteiger partial charge in [0.1, 0.15) is 6.23 Å². The molecule has 0 radical (unpaired) electrons. The number of aliphatic hydroxyl groups excluding tert-OH is 2. The van der Waals surface area contributed by atoms with Gasteiger partial charge in [-0.25, -0.2) is 0 Å². The highest BCUT2D eigenvalue weighted by atomic mass is 16.5. The Labute approximate surface area is 200 Å². The summed E-state index contributed by atoms with van der Waals surface area (Å²) in [6.07, 6.45) is 26.4. The summed E-state index contributed by atoms with van der Waals surface area (Å²) in [6, 6.07) is 0. The second-order valence-corrected chi connectivity index (χ2v) is 10.3. The third kappa shape index (κ3) is 12.3. The Balaban J connectivity index is 2.21. The Kier molecular flexibility index (Phi) is 18.9. The van der Waals surface area contributed by atoms with Crippen molar-refractivity contribution in [3.05, 3.63) is 0 Å². The molecule has 1 fully saturated rings. The first-order valence-electron chi connectivity index (χ1n) is 14.3. The van der Waals surface area contributed by atoms with Crippen molar-refractivity contribution >= 4 is 0 Å². The predicted octanol–water partition coefficient (Wildman–Crippen LogP) is 7.21. The minimum Gasteiger partial charge on any atom is -0.394 e. The van der Waals surface area contributed by atoms with Crippen molar-refractivity contribution in [2.45, 2.75) is 154 Å². The molecule has 0 aromatic carbocycles. The lowest BCUT2D eigenvalue weighted by Gasteiger charge is -2.36. The summed E-state index contributed by atoms with van der Waals surface area (Å²) in [6.45, 7) is 5.90. The highest BCUT2D eigenvalue weighted by Crippen LogP contribution is 2.30.